The highest BCUT2D eigenvalue weighted by molar-refractivity contribution is 7.80. The van der Waals surface area contributed by atoms with Gasteiger partial charge < -0.3 is 29.6 Å². The van der Waals surface area contributed by atoms with Crippen LogP contribution in [0.2, 0.25) is 0 Å². The molecule has 0 spiro atoms. The first kappa shape index (κ1) is 19.0. The van der Waals surface area contributed by atoms with Gasteiger partial charge in [0.2, 0.25) is 0 Å². The van der Waals surface area contributed by atoms with E-state index in [1.807, 2.05) is 0 Å². The summed E-state index contributed by atoms with van der Waals surface area (Å²) in [7, 11) is 4.69. The second-order valence-electron chi connectivity index (χ2n) is 5.31. The number of esters is 1. The predicted molar refractivity (Wildman–Crippen MR) is 96.7 cm³/mol. The number of carbonyl (C=O) groups is 1. The summed E-state index contributed by atoms with van der Waals surface area (Å²) in [6, 6.07) is 4.85. The van der Waals surface area contributed by atoms with Gasteiger partial charge in [-0.15, -0.1) is 0 Å². The number of allylic oxidation sites excluding steroid dienone is 1. The number of hydrogen-bond donors (Lipinski definition) is 2. The first-order valence-electron chi connectivity index (χ1n) is 7.68. The minimum atomic E-state index is -0.520. The molecule has 1 heterocycles. The summed E-state index contributed by atoms with van der Waals surface area (Å²) in [6.45, 7) is 2.27. The lowest BCUT2D eigenvalue weighted by molar-refractivity contribution is -0.140. The van der Waals surface area contributed by atoms with E-state index in [1.165, 1.54) is 0 Å². The van der Waals surface area contributed by atoms with Crippen LogP contribution in [0.4, 0.5) is 0 Å². The summed E-state index contributed by atoms with van der Waals surface area (Å²) in [6.07, 6.45) is 0. The van der Waals surface area contributed by atoms with Crippen LogP contribution in [-0.2, 0) is 14.3 Å². The van der Waals surface area contributed by atoms with Crippen molar-refractivity contribution in [2.75, 3.05) is 34.5 Å². The Labute approximate surface area is 152 Å². The van der Waals surface area contributed by atoms with Gasteiger partial charge in [0.25, 0.3) is 0 Å². The minimum Gasteiger partial charge on any atom is -0.497 e. The van der Waals surface area contributed by atoms with Crippen molar-refractivity contribution < 1.29 is 23.7 Å². The van der Waals surface area contributed by atoms with Gasteiger partial charge in [-0.1, -0.05) is 0 Å². The molecule has 2 rings (SSSR count). The lowest BCUT2D eigenvalue weighted by Crippen LogP contribution is -2.45. The van der Waals surface area contributed by atoms with E-state index in [0.29, 0.717) is 34.5 Å². The van der Waals surface area contributed by atoms with Gasteiger partial charge in [0.05, 0.1) is 32.4 Å². The van der Waals surface area contributed by atoms with Crippen LogP contribution in [0.3, 0.4) is 0 Å². The lowest BCUT2D eigenvalue weighted by atomic mass is 9.94. The molecule has 0 bridgehead atoms. The molecule has 136 valence electrons. The Kier molecular flexibility index (Phi) is 6.60. The van der Waals surface area contributed by atoms with Crippen LogP contribution >= 0.6 is 12.2 Å². The molecule has 0 unspecified atom stereocenters. The number of rotatable bonds is 7. The van der Waals surface area contributed by atoms with Crippen LogP contribution in [0, 0.1) is 0 Å². The first-order chi connectivity index (χ1) is 12.0. The Bertz CT molecular complexity index is 690. The van der Waals surface area contributed by atoms with Crippen LogP contribution in [-0.4, -0.2) is 45.6 Å². The molecular formula is C17H22N2O5S. The fourth-order valence-electron chi connectivity index (χ4n) is 2.56. The lowest BCUT2D eigenvalue weighted by Gasteiger charge is -2.30. The highest BCUT2D eigenvalue weighted by Crippen LogP contribution is 2.35. The van der Waals surface area contributed by atoms with E-state index in [-0.39, 0.29) is 6.61 Å². The Hall–Kier alpha value is -2.32. The predicted octanol–water partition coefficient (Wildman–Crippen LogP) is 1.69. The summed E-state index contributed by atoms with van der Waals surface area (Å²) < 4.78 is 20.9. The molecule has 1 atom stereocenters. The number of nitrogens with one attached hydrogen (secondary N) is 2. The van der Waals surface area contributed by atoms with E-state index >= 15 is 0 Å². The molecule has 0 amide bonds. The maximum absolute atomic E-state index is 12.6. The van der Waals surface area contributed by atoms with Crippen molar-refractivity contribution in [1.29, 1.82) is 0 Å². The van der Waals surface area contributed by atoms with Crippen molar-refractivity contribution in [2.45, 2.75) is 13.0 Å². The molecule has 1 aliphatic rings. The quantitative estimate of drug-likeness (QED) is 0.429. The number of hydrogen-bond acceptors (Lipinski definition) is 6. The van der Waals surface area contributed by atoms with Crippen molar-refractivity contribution in [3.05, 3.63) is 35.0 Å². The maximum atomic E-state index is 12.6. The average molecular weight is 366 g/mol. The van der Waals surface area contributed by atoms with Crippen LogP contribution in [0.5, 0.6) is 11.5 Å². The number of methoxy groups -OCH3 is 3. The largest absolute Gasteiger partial charge is 0.497 e. The smallest absolute Gasteiger partial charge is 0.338 e. The topological polar surface area (TPSA) is 78.1 Å². The van der Waals surface area contributed by atoms with Crippen molar-refractivity contribution in [1.82, 2.24) is 10.6 Å². The molecule has 0 saturated carbocycles. The summed E-state index contributed by atoms with van der Waals surface area (Å²) in [5.41, 5.74) is 1.78. The summed E-state index contributed by atoms with van der Waals surface area (Å²) in [4.78, 5) is 12.6. The van der Waals surface area contributed by atoms with Gasteiger partial charge in [0.1, 0.15) is 18.1 Å². The Morgan fingerprint density at radius 3 is 2.60 bits per heavy atom. The van der Waals surface area contributed by atoms with Gasteiger partial charge in [-0.2, -0.15) is 0 Å². The third-order valence-electron chi connectivity index (χ3n) is 3.76. The number of benzene rings is 1. The molecule has 25 heavy (non-hydrogen) atoms. The average Bonchev–Trinajstić information content (AvgIpc) is 2.60. The standard InChI is InChI=1S/C17H22N2O5S/c1-10-14(16(20)24-8-7-21-2)15(19-17(25)18-10)12-9-11(22-3)5-6-13(12)23-4/h5-6,9,15H,7-8H2,1-4H3,(H2,18,19,25)/t15-/m1/s1. The van der Waals surface area contributed by atoms with E-state index in [1.54, 1.807) is 46.5 Å². The minimum absolute atomic E-state index is 0.165. The molecule has 7 nitrogen and oxygen atoms in total. The molecule has 0 aromatic heterocycles. The molecule has 0 saturated heterocycles. The van der Waals surface area contributed by atoms with Gasteiger partial charge in [-0.25, -0.2) is 4.79 Å². The third kappa shape index (κ3) is 4.40. The summed E-state index contributed by atoms with van der Waals surface area (Å²) >= 11 is 5.25. The van der Waals surface area contributed by atoms with E-state index in [0.717, 1.165) is 5.56 Å². The Morgan fingerprint density at radius 2 is 1.96 bits per heavy atom. The zero-order valence-electron chi connectivity index (χ0n) is 14.7. The normalized spacial score (nSPS) is 16.8. The fraction of sp³-hybridized carbons (Fsp3) is 0.412. The van der Waals surface area contributed by atoms with Crippen molar-refractivity contribution in [3.63, 3.8) is 0 Å². The van der Waals surface area contributed by atoms with Crippen LogP contribution < -0.4 is 20.1 Å². The Balaban J connectivity index is 2.44. The molecule has 0 radical (unpaired) electrons. The van der Waals surface area contributed by atoms with E-state index in [4.69, 9.17) is 31.2 Å². The van der Waals surface area contributed by atoms with Crippen molar-refractivity contribution in [3.8, 4) is 11.5 Å². The molecule has 8 heteroatoms. The third-order valence-corrected chi connectivity index (χ3v) is 3.98. The summed E-state index contributed by atoms with van der Waals surface area (Å²) in [5, 5.41) is 6.49. The highest BCUT2D eigenvalue weighted by atomic mass is 32.1. The maximum Gasteiger partial charge on any atom is 0.338 e. The van der Waals surface area contributed by atoms with E-state index < -0.39 is 12.0 Å². The van der Waals surface area contributed by atoms with Gasteiger partial charge in [-0.3, -0.25) is 0 Å². The molecule has 1 aliphatic heterocycles. The zero-order valence-corrected chi connectivity index (χ0v) is 15.5. The zero-order chi connectivity index (χ0) is 18.4. The van der Waals surface area contributed by atoms with Crippen LogP contribution in [0.15, 0.2) is 29.5 Å². The van der Waals surface area contributed by atoms with Gasteiger partial charge in [-0.05, 0) is 37.3 Å². The fourth-order valence-corrected chi connectivity index (χ4v) is 2.83. The van der Waals surface area contributed by atoms with Crippen molar-refractivity contribution >= 4 is 23.3 Å². The first-order valence-corrected chi connectivity index (χ1v) is 8.09. The second kappa shape index (κ2) is 8.68. The number of carbonyl (C=O) groups excluding carboxylic acids is 1. The highest BCUT2D eigenvalue weighted by Gasteiger charge is 2.33. The van der Waals surface area contributed by atoms with Crippen LogP contribution in [0.1, 0.15) is 18.5 Å². The number of ether oxygens (including phenoxy) is 4. The number of thiocarbonyl (C=S) groups is 1. The van der Waals surface area contributed by atoms with Gasteiger partial charge in [0, 0.05) is 18.4 Å². The summed E-state index contributed by atoms with van der Waals surface area (Å²) in [5.74, 6) is 0.803. The van der Waals surface area contributed by atoms with Gasteiger partial charge >= 0.3 is 5.97 Å². The SMILES string of the molecule is COCCOC(=O)C1=C(C)NC(=S)N[C@@H]1c1cc(OC)ccc1OC. The molecule has 1 aromatic carbocycles. The van der Waals surface area contributed by atoms with Gasteiger partial charge in [0.15, 0.2) is 5.11 Å². The molecule has 1 aromatic rings. The monoisotopic (exact) mass is 366 g/mol. The van der Waals surface area contributed by atoms with E-state index in [9.17, 15) is 4.79 Å². The Morgan fingerprint density at radius 1 is 1.20 bits per heavy atom. The van der Waals surface area contributed by atoms with E-state index in [2.05, 4.69) is 10.6 Å². The van der Waals surface area contributed by atoms with Crippen molar-refractivity contribution in [2.24, 2.45) is 0 Å². The molecule has 2 N–H and O–H groups in total. The molecular weight excluding hydrogens is 344 g/mol. The van der Waals surface area contributed by atoms with Crippen LogP contribution in [0.25, 0.3) is 0 Å². The molecule has 0 aliphatic carbocycles. The molecule has 0 fully saturated rings. The second-order valence-corrected chi connectivity index (χ2v) is 5.71.